The summed E-state index contributed by atoms with van der Waals surface area (Å²) >= 11 is 0. The Morgan fingerprint density at radius 1 is 1.20 bits per heavy atom. The van der Waals surface area contributed by atoms with Crippen LogP contribution < -0.4 is 10.6 Å². The zero-order valence-corrected chi connectivity index (χ0v) is 11.9. The Morgan fingerprint density at radius 3 is 2.50 bits per heavy atom. The molecule has 3 heteroatoms. The Hall–Kier alpha value is -2.03. The van der Waals surface area contributed by atoms with Crippen molar-refractivity contribution >= 4 is 22.3 Å². The van der Waals surface area contributed by atoms with Crippen molar-refractivity contribution in [2.45, 2.75) is 19.3 Å². The van der Waals surface area contributed by atoms with Crippen LogP contribution in [0.1, 0.15) is 24.8 Å². The molecule has 0 bridgehead atoms. The molecule has 0 radical (unpaired) electrons. The molecule has 2 aromatic carbocycles. The van der Waals surface area contributed by atoms with Crippen molar-refractivity contribution in [1.82, 2.24) is 0 Å². The van der Waals surface area contributed by atoms with E-state index in [-0.39, 0.29) is 5.84 Å². The number of anilines is 1. The number of hydrogen-bond acceptors (Lipinski definition) is 2. The van der Waals surface area contributed by atoms with Gasteiger partial charge in [0.05, 0.1) is 0 Å². The molecule has 1 aliphatic rings. The fourth-order valence-electron chi connectivity index (χ4n) is 3.01. The lowest BCUT2D eigenvalue weighted by Crippen LogP contribution is -2.29. The molecule has 0 unspecified atom stereocenters. The molecule has 1 aliphatic carbocycles. The number of nitrogen functional groups attached to an aromatic ring is 1. The maximum Gasteiger partial charge on any atom is 0.123 e. The summed E-state index contributed by atoms with van der Waals surface area (Å²) in [5, 5.41) is 9.96. The molecule has 3 rings (SSSR count). The van der Waals surface area contributed by atoms with Gasteiger partial charge in [-0.1, -0.05) is 30.7 Å². The highest BCUT2D eigenvalue weighted by Crippen LogP contribution is 2.32. The zero-order valence-electron chi connectivity index (χ0n) is 11.9. The standard InChI is InChI=1S/C17H21N3/c1-20(11-12-5-4-6-12)16-10-9-15(17(18)19)13-7-2-3-8-14(13)16/h2-3,7-10,12H,4-6,11H2,1H3,(H3,18,19). The van der Waals surface area contributed by atoms with Crippen molar-refractivity contribution in [2.75, 3.05) is 18.5 Å². The van der Waals surface area contributed by atoms with Crippen molar-refractivity contribution in [3.8, 4) is 0 Å². The number of nitrogens with one attached hydrogen (secondary N) is 1. The summed E-state index contributed by atoms with van der Waals surface area (Å²) < 4.78 is 0. The van der Waals surface area contributed by atoms with E-state index in [9.17, 15) is 0 Å². The molecule has 0 aliphatic heterocycles. The van der Waals surface area contributed by atoms with E-state index in [1.807, 2.05) is 24.3 Å². The van der Waals surface area contributed by atoms with Crippen LogP contribution in [0.4, 0.5) is 5.69 Å². The van der Waals surface area contributed by atoms with E-state index in [0.29, 0.717) is 0 Å². The van der Waals surface area contributed by atoms with Crippen LogP contribution in [0.2, 0.25) is 0 Å². The van der Waals surface area contributed by atoms with Gasteiger partial charge in [0.15, 0.2) is 0 Å². The van der Waals surface area contributed by atoms with Crippen molar-refractivity contribution in [3.63, 3.8) is 0 Å². The molecule has 1 saturated carbocycles. The van der Waals surface area contributed by atoms with Gasteiger partial charge in [-0.3, -0.25) is 5.41 Å². The first kappa shape index (κ1) is 13.0. The van der Waals surface area contributed by atoms with E-state index in [2.05, 4.69) is 24.1 Å². The van der Waals surface area contributed by atoms with E-state index in [0.717, 1.165) is 23.4 Å². The van der Waals surface area contributed by atoms with Gasteiger partial charge < -0.3 is 10.6 Å². The molecular formula is C17H21N3. The number of hydrogen-bond donors (Lipinski definition) is 2. The van der Waals surface area contributed by atoms with Crippen molar-refractivity contribution < 1.29 is 0 Å². The predicted molar refractivity (Wildman–Crippen MR) is 85.6 cm³/mol. The van der Waals surface area contributed by atoms with Crippen molar-refractivity contribution in [1.29, 1.82) is 5.41 Å². The van der Waals surface area contributed by atoms with Crippen LogP contribution in [0.15, 0.2) is 36.4 Å². The minimum atomic E-state index is 0.134. The number of nitrogens with zero attached hydrogens (tertiary/aromatic N) is 1. The molecule has 0 amide bonds. The van der Waals surface area contributed by atoms with E-state index in [1.54, 1.807) is 0 Å². The lowest BCUT2D eigenvalue weighted by atomic mass is 9.85. The SMILES string of the molecule is CN(CC1CCC1)c1ccc(C(=N)N)c2ccccc12. The molecule has 2 aromatic rings. The molecule has 20 heavy (non-hydrogen) atoms. The summed E-state index contributed by atoms with van der Waals surface area (Å²) in [6.45, 7) is 1.11. The Kier molecular flexibility index (Phi) is 3.35. The summed E-state index contributed by atoms with van der Waals surface area (Å²) in [6, 6.07) is 12.3. The number of fused-ring (bicyclic) bond motifs is 1. The summed E-state index contributed by atoms with van der Waals surface area (Å²) in [4.78, 5) is 2.34. The van der Waals surface area contributed by atoms with Gasteiger partial charge in [0, 0.05) is 30.2 Å². The minimum absolute atomic E-state index is 0.134. The average molecular weight is 267 g/mol. The first-order valence-electron chi connectivity index (χ1n) is 7.24. The quantitative estimate of drug-likeness (QED) is 0.659. The molecule has 3 N–H and O–H groups in total. The topological polar surface area (TPSA) is 53.1 Å². The molecule has 0 heterocycles. The minimum Gasteiger partial charge on any atom is -0.384 e. The van der Waals surface area contributed by atoms with Crippen LogP contribution in [0, 0.1) is 11.3 Å². The second-order valence-corrected chi connectivity index (χ2v) is 5.77. The Bertz CT molecular complexity index is 644. The third kappa shape index (κ3) is 2.24. The maximum absolute atomic E-state index is 7.71. The van der Waals surface area contributed by atoms with Gasteiger partial charge in [-0.05, 0) is 36.3 Å². The van der Waals surface area contributed by atoms with Crippen LogP contribution in [0.5, 0.6) is 0 Å². The van der Waals surface area contributed by atoms with Gasteiger partial charge in [0.25, 0.3) is 0 Å². The number of rotatable bonds is 4. The molecule has 0 spiro atoms. The Balaban J connectivity index is 2.02. The van der Waals surface area contributed by atoms with Crippen LogP contribution in [-0.2, 0) is 0 Å². The zero-order chi connectivity index (χ0) is 14.1. The normalized spacial score (nSPS) is 15.1. The first-order chi connectivity index (χ1) is 9.66. The summed E-state index contributed by atoms with van der Waals surface area (Å²) in [5.41, 5.74) is 7.74. The summed E-state index contributed by atoms with van der Waals surface area (Å²) in [5.74, 6) is 0.973. The number of nitrogens with two attached hydrogens (primary N) is 1. The van der Waals surface area contributed by atoms with Gasteiger partial charge >= 0.3 is 0 Å². The highest BCUT2D eigenvalue weighted by molar-refractivity contribution is 6.10. The van der Waals surface area contributed by atoms with E-state index >= 15 is 0 Å². The summed E-state index contributed by atoms with van der Waals surface area (Å²) in [6.07, 6.45) is 4.09. The van der Waals surface area contributed by atoms with Gasteiger partial charge in [0.2, 0.25) is 0 Å². The molecule has 104 valence electrons. The highest BCUT2D eigenvalue weighted by Gasteiger charge is 2.20. The number of amidine groups is 1. The van der Waals surface area contributed by atoms with Crippen LogP contribution in [0.3, 0.4) is 0 Å². The molecule has 0 aromatic heterocycles. The Morgan fingerprint density at radius 2 is 1.90 bits per heavy atom. The predicted octanol–water partition coefficient (Wildman–Crippen LogP) is 3.36. The smallest absolute Gasteiger partial charge is 0.123 e. The van der Waals surface area contributed by atoms with Crippen LogP contribution >= 0.6 is 0 Å². The van der Waals surface area contributed by atoms with Crippen molar-refractivity contribution in [2.24, 2.45) is 11.7 Å². The Labute approximate surface area is 119 Å². The fourth-order valence-corrected chi connectivity index (χ4v) is 3.01. The monoisotopic (exact) mass is 267 g/mol. The lowest BCUT2D eigenvalue weighted by molar-refractivity contribution is 0.321. The van der Waals surface area contributed by atoms with Gasteiger partial charge in [-0.25, -0.2) is 0 Å². The van der Waals surface area contributed by atoms with Crippen LogP contribution in [0.25, 0.3) is 10.8 Å². The first-order valence-corrected chi connectivity index (χ1v) is 7.24. The summed E-state index contributed by atoms with van der Waals surface area (Å²) in [7, 11) is 2.16. The van der Waals surface area contributed by atoms with Gasteiger partial charge in [0.1, 0.15) is 5.84 Å². The van der Waals surface area contributed by atoms with Gasteiger partial charge in [-0.15, -0.1) is 0 Å². The van der Waals surface area contributed by atoms with Crippen LogP contribution in [-0.4, -0.2) is 19.4 Å². The molecule has 1 fully saturated rings. The average Bonchev–Trinajstić information content (AvgIpc) is 2.41. The van der Waals surface area contributed by atoms with Crippen molar-refractivity contribution in [3.05, 3.63) is 42.0 Å². The lowest BCUT2D eigenvalue weighted by Gasteiger charge is -2.32. The third-order valence-corrected chi connectivity index (χ3v) is 4.36. The van der Waals surface area contributed by atoms with E-state index < -0.39 is 0 Å². The van der Waals surface area contributed by atoms with Gasteiger partial charge in [-0.2, -0.15) is 0 Å². The largest absolute Gasteiger partial charge is 0.384 e. The fraction of sp³-hybridized carbons (Fsp3) is 0.353. The molecule has 3 nitrogen and oxygen atoms in total. The highest BCUT2D eigenvalue weighted by atomic mass is 15.1. The van der Waals surface area contributed by atoms with E-state index in [1.165, 1.54) is 30.3 Å². The second-order valence-electron chi connectivity index (χ2n) is 5.77. The maximum atomic E-state index is 7.71. The third-order valence-electron chi connectivity index (χ3n) is 4.36. The molecule has 0 atom stereocenters. The molecule has 0 saturated heterocycles. The number of benzene rings is 2. The second kappa shape index (κ2) is 5.16. The van der Waals surface area contributed by atoms with E-state index in [4.69, 9.17) is 11.1 Å². The molecular weight excluding hydrogens is 246 g/mol.